The van der Waals surface area contributed by atoms with E-state index in [0.717, 1.165) is 11.6 Å². The van der Waals surface area contributed by atoms with E-state index in [1.54, 1.807) is 18.2 Å². The van der Waals surface area contributed by atoms with Crippen LogP contribution >= 0.6 is 11.6 Å². The van der Waals surface area contributed by atoms with Gasteiger partial charge in [-0.1, -0.05) is 17.7 Å². The summed E-state index contributed by atoms with van der Waals surface area (Å²) in [5.41, 5.74) is 6.65. The van der Waals surface area contributed by atoms with Crippen molar-refractivity contribution < 1.29 is 12.8 Å². The van der Waals surface area contributed by atoms with Crippen LogP contribution in [0.5, 0.6) is 0 Å². The van der Waals surface area contributed by atoms with Crippen molar-refractivity contribution in [2.45, 2.75) is 18.4 Å². The van der Waals surface area contributed by atoms with Crippen LogP contribution in [0.15, 0.2) is 41.3 Å². The van der Waals surface area contributed by atoms with Crippen LogP contribution in [0.4, 0.5) is 10.1 Å². The molecular weight excluding hydrogens is 315 g/mol. The molecular formula is C14H14ClFN2O2S. The molecule has 0 spiro atoms. The van der Waals surface area contributed by atoms with Gasteiger partial charge in [0.25, 0.3) is 10.0 Å². The summed E-state index contributed by atoms with van der Waals surface area (Å²) in [7, 11) is -3.86. The van der Waals surface area contributed by atoms with Gasteiger partial charge in [-0.25, -0.2) is 12.8 Å². The van der Waals surface area contributed by atoms with Crippen LogP contribution in [0.3, 0.4) is 0 Å². The Labute approximate surface area is 127 Å². The SMILES string of the molecule is Cc1ccc(Cl)c(NS(=O)(=O)c2ccc(F)c(CN)c2)c1. The van der Waals surface area contributed by atoms with Gasteiger partial charge in [-0.15, -0.1) is 0 Å². The molecule has 7 heteroatoms. The second-order valence-corrected chi connectivity index (χ2v) is 6.64. The molecule has 0 aromatic heterocycles. The van der Waals surface area contributed by atoms with Crippen molar-refractivity contribution in [3.8, 4) is 0 Å². The molecule has 4 nitrogen and oxygen atoms in total. The average Bonchev–Trinajstić information content (AvgIpc) is 2.43. The fraction of sp³-hybridized carbons (Fsp3) is 0.143. The lowest BCUT2D eigenvalue weighted by atomic mass is 10.2. The second kappa shape index (κ2) is 6.01. The zero-order chi connectivity index (χ0) is 15.6. The van der Waals surface area contributed by atoms with Crippen molar-refractivity contribution >= 4 is 27.3 Å². The smallest absolute Gasteiger partial charge is 0.261 e. The minimum Gasteiger partial charge on any atom is -0.326 e. The summed E-state index contributed by atoms with van der Waals surface area (Å²) in [5, 5.41) is 0.283. The van der Waals surface area contributed by atoms with Gasteiger partial charge in [0, 0.05) is 12.1 Å². The molecule has 0 bridgehead atoms. The normalized spacial score (nSPS) is 11.4. The molecule has 0 aliphatic carbocycles. The number of aryl methyl sites for hydroxylation is 1. The first-order chi connectivity index (χ1) is 9.83. The summed E-state index contributed by atoms with van der Waals surface area (Å²) in [6.07, 6.45) is 0. The Balaban J connectivity index is 2.41. The Morgan fingerprint density at radius 3 is 2.62 bits per heavy atom. The van der Waals surface area contributed by atoms with Gasteiger partial charge in [-0.05, 0) is 42.8 Å². The molecule has 0 aliphatic rings. The average molecular weight is 329 g/mol. The molecule has 0 amide bonds. The molecule has 112 valence electrons. The quantitative estimate of drug-likeness (QED) is 0.906. The van der Waals surface area contributed by atoms with Crippen molar-refractivity contribution in [3.05, 3.63) is 58.4 Å². The van der Waals surface area contributed by atoms with Crippen molar-refractivity contribution in [1.29, 1.82) is 0 Å². The number of nitrogens with two attached hydrogens (primary N) is 1. The molecule has 0 atom stereocenters. The maximum absolute atomic E-state index is 13.4. The summed E-state index contributed by atoms with van der Waals surface area (Å²) in [4.78, 5) is -0.0677. The number of hydrogen-bond acceptors (Lipinski definition) is 3. The molecule has 2 aromatic carbocycles. The Bertz CT molecular complexity index is 779. The first kappa shape index (κ1) is 15.8. The number of nitrogens with one attached hydrogen (secondary N) is 1. The maximum Gasteiger partial charge on any atom is 0.261 e. The maximum atomic E-state index is 13.4. The van der Waals surface area contributed by atoms with Crippen molar-refractivity contribution in [3.63, 3.8) is 0 Å². The summed E-state index contributed by atoms with van der Waals surface area (Å²) in [6.45, 7) is 1.74. The second-order valence-electron chi connectivity index (χ2n) is 4.55. The van der Waals surface area contributed by atoms with E-state index >= 15 is 0 Å². The van der Waals surface area contributed by atoms with E-state index in [1.165, 1.54) is 12.1 Å². The summed E-state index contributed by atoms with van der Waals surface area (Å²) >= 11 is 5.97. The Morgan fingerprint density at radius 2 is 1.95 bits per heavy atom. The van der Waals surface area contributed by atoms with E-state index in [1.807, 2.05) is 6.92 Å². The van der Waals surface area contributed by atoms with Crippen molar-refractivity contribution in [1.82, 2.24) is 0 Å². The van der Waals surface area contributed by atoms with Crippen molar-refractivity contribution in [2.24, 2.45) is 5.73 Å². The first-order valence-electron chi connectivity index (χ1n) is 6.11. The number of benzene rings is 2. The van der Waals surface area contributed by atoms with Crippen LogP contribution in [0.25, 0.3) is 0 Å². The standard InChI is InChI=1S/C14H14ClFN2O2S/c1-9-2-4-12(15)14(6-9)18-21(19,20)11-3-5-13(16)10(7-11)8-17/h2-7,18H,8,17H2,1H3. The minimum absolute atomic E-state index is 0.0677. The molecule has 0 unspecified atom stereocenters. The minimum atomic E-state index is -3.86. The van der Waals surface area contributed by atoms with Crippen LogP contribution in [0, 0.1) is 12.7 Å². The Morgan fingerprint density at radius 1 is 1.24 bits per heavy atom. The van der Waals surface area contributed by atoms with E-state index < -0.39 is 15.8 Å². The van der Waals surface area contributed by atoms with Crippen LogP contribution < -0.4 is 10.5 Å². The van der Waals surface area contributed by atoms with E-state index in [-0.39, 0.29) is 27.7 Å². The molecule has 2 aromatic rings. The van der Waals surface area contributed by atoms with Gasteiger partial charge in [0.2, 0.25) is 0 Å². The number of sulfonamides is 1. The molecule has 0 saturated heterocycles. The van der Waals surface area contributed by atoms with Gasteiger partial charge in [0.05, 0.1) is 15.6 Å². The lowest BCUT2D eigenvalue weighted by molar-refractivity contribution is 0.596. The number of halogens is 2. The molecule has 21 heavy (non-hydrogen) atoms. The van der Waals surface area contributed by atoms with Crippen LogP contribution in [-0.2, 0) is 16.6 Å². The molecule has 0 fully saturated rings. The predicted octanol–water partition coefficient (Wildman–Crippen LogP) is 3.05. The molecule has 0 radical (unpaired) electrons. The zero-order valence-corrected chi connectivity index (χ0v) is 12.8. The highest BCUT2D eigenvalue weighted by atomic mass is 35.5. The van der Waals surface area contributed by atoms with E-state index in [9.17, 15) is 12.8 Å². The van der Waals surface area contributed by atoms with Crippen LogP contribution in [0.1, 0.15) is 11.1 Å². The van der Waals surface area contributed by atoms with Crippen molar-refractivity contribution in [2.75, 3.05) is 4.72 Å². The van der Waals surface area contributed by atoms with Crippen LogP contribution in [-0.4, -0.2) is 8.42 Å². The van der Waals surface area contributed by atoms with E-state index in [0.29, 0.717) is 0 Å². The Kier molecular flexibility index (Phi) is 4.51. The molecule has 0 aliphatic heterocycles. The lowest BCUT2D eigenvalue weighted by Gasteiger charge is -2.11. The summed E-state index contributed by atoms with van der Waals surface area (Å²) in [6, 6.07) is 8.46. The third kappa shape index (κ3) is 3.53. The molecule has 2 rings (SSSR count). The largest absolute Gasteiger partial charge is 0.326 e. The Hall–Kier alpha value is -1.63. The number of rotatable bonds is 4. The topological polar surface area (TPSA) is 72.2 Å². The zero-order valence-electron chi connectivity index (χ0n) is 11.2. The van der Waals surface area contributed by atoms with Gasteiger partial charge >= 0.3 is 0 Å². The molecule has 3 N–H and O–H groups in total. The van der Waals surface area contributed by atoms with Gasteiger partial charge in [0.15, 0.2) is 0 Å². The highest BCUT2D eigenvalue weighted by molar-refractivity contribution is 7.92. The van der Waals surface area contributed by atoms with E-state index in [4.69, 9.17) is 17.3 Å². The summed E-state index contributed by atoms with van der Waals surface area (Å²) < 4.78 is 40.4. The molecule has 0 heterocycles. The highest BCUT2D eigenvalue weighted by Gasteiger charge is 2.17. The van der Waals surface area contributed by atoms with Gasteiger partial charge in [0.1, 0.15) is 5.82 Å². The first-order valence-corrected chi connectivity index (χ1v) is 7.97. The lowest BCUT2D eigenvalue weighted by Crippen LogP contribution is -2.14. The number of anilines is 1. The van der Waals surface area contributed by atoms with Gasteiger partial charge in [-0.2, -0.15) is 0 Å². The summed E-state index contributed by atoms with van der Waals surface area (Å²) in [5.74, 6) is -0.537. The van der Waals surface area contributed by atoms with E-state index in [2.05, 4.69) is 4.72 Å². The third-order valence-electron chi connectivity index (χ3n) is 2.91. The number of hydrogen-bond donors (Lipinski definition) is 2. The fourth-order valence-electron chi connectivity index (χ4n) is 1.80. The third-order valence-corrected chi connectivity index (χ3v) is 4.61. The van der Waals surface area contributed by atoms with Gasteiger partial charge in [-0.3, -0.25) is 4.72 Å². The predicted molar refractivity (Wildman–Crippen MR) is 81.3 cm³/mol. The molecule has 0 saturated carbocycles. The van der Waals surface area contributed by atoms with Gasteiger partial charge < -0.3 is 5.73 Å². The fourth-order valence-corrected chi connectivity index (χ4v) is 3.14. The van der Waals surface area contributed by atoms with Crippen LogP contribution in [0.2, 0.25) is 5.02 Å². The monoisotopic (exact) mass is 328 g/mol. The highest BCUT2D eigenvalue weighted by Crippen LogP contribution is 2.26.